The Hall–Kier alpha value is -1.34. The van der Waals surface area contributed by atoms with Crippen LogP contribution in [0.5, 0.6) is 0 Å². The van der Waals surface area contributed by atoms with Gasteiger partial charge in [0, 0.05) is 25.2 Å². The first kappa shape index (κ1) is 13.1. The second-order valence-electron chi connectivity index (χ2n) is 5.32. The van der Waals surface area contributed by atoms with Crippen LogP contribution in [-0.2, 0) is 4.79 Å². The normalized spacial score (nSPS) is 28.3. The predicted octanol–water partition coefficient (Wildman–Crippen LogP) is 1.54. The highest BCUT2D eigenvalue weighted by Gasteiger charge is 2.44. The smallest absolute Gasteiger partial charge is 0.236 e. The van der Waals surface area contributed by atoms with Crippen LogP contribution in [0.25, 0.3) is 0 Å². The van der Waals surface area contributed by atoms with Crippen LogP contribution in [0.4, 0.5) is 0 Å². The van der Waals surface area contributed by atoms with Gasteiger partial charge in [0.25, 0.3) is 0 Å². The minimum absolute atomic E-state index is 0.0114. The number of nitrogens with zero attached hydrogens (tertiary/aromatic N) is 3. The van der Waals surface area contributed by atoms with Gasteiger partial charge in [-0.25, -0.2) is 0 Å². The molecule has 4 heteroatoms. The molecule has 1 amide bonds. The van der Waals surface area contributed by atoms with Gasteiger partial charge in [-0.1, -0.05) is 6.08 Å². The maximum Gasteiger partial charge on any atom is 0.236 e. The van der Waals surface area contributed by atoms with Crippen molar-refractivity contribution in [3.05, 3.63) is 12.7 Å². The third-order valence-corrected chi connectivity index (χ3v) is 4.23. The molecule has 0 aromatic carbocycles. The third kappa shape index (κ3) is 2.41. The van der Waals surface area contributed by atoms with Gasteiger partial charge in [0.05, 0.1) is 6.07 Å². The molecule has 0 unspecified atom stereocenters. The number of piperidine rings is 1. The largest absolute Gasteiger partial charge is 0.340 e. The molecule has 0 saturated carbocycles. The SMILES string of the molecule is C=CCN1CCC[C@@]12CCCN(C(=O)CC#N)C2. The van der Waals surface area contributed by atoms with E-state index >= 15 is 0 Å². The first-order valence-corrected chi connectivity index (χ1v) is 6.72. The highest BCUT2D eigenvalue weighted by Crippen LogP contribution is 2.37. The summed E-state index contributed by atoms with van der Waals surface area (Å²) < 4.78 is 0. The molecular formula is C14H21N3O. The fraction of sp³-hybridized carbons (Fsp3) is 0.714. The van der Waals surface area contributed by atoms with E-state index in [1.165, 1.54) is 6.42 Å². The van der Waals surface area contributed by atoms with Crippen LogP contribution in [0.3, 0.4) is 0 Å². The zero-order chi connectivity index (χ0) is 13.0. The standard InChI is InChI=1S/C14H21N3O/c1-2-9-17-11-4-7-14(17)6-3-10-16(12-14)13(18)5-8-15/h2H,1,3-7,9-12H2/t14-/m1/s1. The molecule has 0 aromatic heterocycles. The molecule has 4 nitrogen and oxygen atoms in total. The Kier molecular flexibility index (Phi) is 4.03. The summed E-state index contributed by atoms with van der Waals surface area (Å²) in [6.45, 7) is 7.43. The summed E-state index contributed by atoms with van der Waals surface area (Å²) in [4.78, 5) is 16.2. The molecule has 0 aromatic rings. The summed E-state index contributed by atoms with van der Waals surface area (Å²) in [5.41, 5.74) is 0.150. The van der Waals surface area contributed by atoms with Gasteiger partial charge in [0.15, 0.2) is 0 Å². The molecule has 0 radical (unpaired) electrons. The lowest BCUT2D eigenvalue weighted by molar-refractivity contribution is -0.133. The van der Waals surface area contributed by atoms with Crippen molar-refractivity contribution in [2.45, 2.75) is 37.6 Å². The van der Waals surface area contributed by atoms with Gasteiger partial charge < -0.3 is 4.90 Å². The molecule has 2 saturated heterocycles. The molecule has 2 heterocycles. The predicted molar refractivity (Wildman–Crippen MR) is 69.8 cm³/mol. The van der Waals surface area contributed by atoms with Gasteiger partial charge in [-0.15, -0.1) is 6.58 Å². The highest BCUT2D eigenvalue weighted by molar-refractivity contribution is 5.78. The van der Waals surface area contributed by atoms with Crippen molar-refractivity contribution in [2.24, 2.45) is 0 Å². The van der Waals surface area contributed by atoms with Gasteiger partial charge in [-0.05, 0) is 32.2 Å². The lowest BCUT2D eigenvalue weighted by Gasteiger charge is -2.45. The molecule has 98 valence electrons. The number of amides is 1. The summed E-state index contributed by atoms with van der Waals surface area (Å²) in [6.07, 6.45) is 6.54. The van der Waals surface area contributed by atoms with Crippen LogP contribution in [0, 0.1) is 11.3 Å². The molecule has 0 N–H and O–H groups in total. The highest BCUT2D eigenvalue weighted by atomic mass is 16.2. The topological polar surface area (TPSA) is 47.3 Å². The van der Waals surface area contributed by atoms with E-state index in [4.69, 9.17) is 5.26 Å². The number of likely N-dealkylation sites (tertiary alicyclic amines) is 2. The number of carbonyl (C=O) groups is 1. The number of rotatable bonds is 3. The van der Waals surface area contributed by atoms with E-state index in [1.807, 2.05) is 17.0 Å². The molecule has 2 aliphatic heterocycles. The molecule has 1 spiro atoms. The van der Waals surface area contributed by atoms with Gasteiger partial charge in [0.2, 0.25) is 5.91 Å². The fourth-order valence-corrected chi connectivity index (χ4v) is 3.40. The summed E-state index contributed by atoms with van der Waals surface area (Å²) in [5, 5.41) is 8.64. The van der Waals surface area contributed by atoms with E-state index < -0.39 is 0 Å². The summed E-state index contributed by atoms with van der Waals surface area (Å²) in [6, 6.07) is 1.96. The van der Waals surface area contributed by atoms with E-state index in [0.717, 1.165) is 45.4 Å². The summed E-state index contributed by atoms with van der Waals surface area (Å²) in [5.74, 6) is -0.0120. The number of hydrogen-bond acceptors (Lipinski definition) is 3. The van der Waals surface area contributed by atoms with E-state index in [0.29, 0.717) is 0 Å². The molecule has 2 rings (SSSR count). The van der Waals surface area contributed by atoms with Gasteiger partial charge >= 0.3 is 0 Å². The molecule has 0 aliphatic carbocycles. The van der Waals surface area contributed by atoms with Crippen molar-refractivity contribution in [2.75, 3.05) is 26.2 Å². The first-order chi connectivity index (χ1) is 8.72. The van der Waals surface area contributed by atoms with Crippen LogP contribution < -0.4 is 0 Å². The van der Waals surface area contributed by atoms with Crippen molar-refractivity contribution in [3.63, 3.8) is 0 Å². The Morgan fingerprint density at radius 3 is 2.78 bits per heavy atom. The van der Waals surface area contributed by atoms with Crippen LogP contribution in [0.2, 0.25) is 0 Å². The Bertz CT molecular complexity index is 374. The third-order valence-electron chi connectivity index (χ3n) is 4.23. The number of carbonyl (C=O) groups excluding carboxylic acids is 1. The minimum atomic E-state index is -0.0120. The van der Waals surface area contributed by atoms with E-state index in [-0.39, 0.29) is 17.9 Å². The fourth-order valence-electron chi connectivity index (χ4n) is 3.40. The van der Waals surface area contributed by atoms with Crippen LogP contribution in [-0.4, -0.2) is 47.4 Å². The van der Waals surface area contributed by atoms with Crippen molar-refractivity contribution < 1.29 is 4.79 Å². The second-order valence-corrected chi connectivity index (χ2v) is 5.32. The Morgan fingerprint density at radius 2 is 2.11 bits per heavy atom. The maximum absolute atomic E-state index is 11.9. The van der Waals surface area contributed by atoms with E-state index in [1.54, 1.807) is 0 Å². The number of nitriles is 1. The molecule has 0 bridgehead atoms. The average molecular weight is 247 g/mol. The molecule has 2 aliphatic rings. The Morgan fingerprint density at radius 1 is 1.39 bits per heavy atom. The van der Waals surface area contributed by atoms with Crippen molar-refractivity contribution in [1.29, 1.82) is 5.26 Å². The zero-order valence-electron chi connectivity index (χ0n) is 10.9. The molecule has 18 heavy (non-hydrogen) atoms. The van der Waals surface area contributed by atoms with Crippen LogP contribution in [0.15, 0.2) is 12.7 Å². The van der Waals surface area contributed by atoms with E-state index in [9.17, 15) is 4.79 Å². The van der Waals surface area contributed by atoms with Gasteiger partial charge in [0.1, 0.15) is 6.42 Å². The second kappa shape index (κ2) is 5.53. The minimum Gasteiger partial charge on any atom is -0.340 e. The summed E-state index contributed by atoms with van der Waals surface area (Å²) in [7, 11) is 0. The average Bonchev–Trinajstić information content (AvgIpc) is 2.73. The first-order valence-electron chi connectivity index (χ1n) is 6.72. The zero-order valence-corrected chi connectivity index (χ0v) is 10.9. The van der Waals surface area contributed by atoms with Crippen LogP contribution in [0.1, 0.15) is 32.1 Å². The Labute approximate surface area is 109 Å². The van der Waals surface area contributed by atoms with Crippen molar-refractivity contribution >= 4 is 5.91 Å². The molecule has 1 atom stereocenters. The maximum atomic E-state index is 11.9. The van der Waals surface area contributed by atoms with E-state index in [2.05, 4.69) is 11.5 Å². The van der Waals surface area contributed by atoms with Crippen molar-refractivity contribution in [3.8, 4) is 6.07 Å². The quantitative estimate of drug-likeness (QED) is 0.711. The van der Waals surface area contributed by atoms with Gasteiger partial charge in [-0.2, -0.15) is 5.26 Å². The lowest BCUT2D eigenvalue weighted by Crippen LogP contribution is -2.56. The lowest BCUT2D eigenvalue weighted by atomic mass is 9.86. The summed E-state index contributed by atoms with van der Waals surface area (Å²) >= 11 is 0. The van der Waals surface area contributed by atoms with Gasteiger partial charge in [-0.3, -0.25) is 9.69 Å². The molecular weight excluding hydrogens is 226 g/mol. The van der Waals surface area contributed by atoms with Crippen LogP contribution >= 0.6 is 0 Å². The monoisotopic (exact) mass is 247 g/mol. The Balaban J connectivity index is 2.07. The van der Waals surface area contributed by atoms with Crippen molar-refractivity contribution in [1.82, 2.24) is 9.80 Å². The number of hydrogen-bond donors (Lipinski definition) is 0. The molecule has 2 fully saturated rings.